The largest absolute Gasteiger partial charge is 0.374 e. The van der Waals surface area contributed by atoms with Crippen LogP contribution >= 0.6 is 0 Å². The molecule has 18 heavy (non-hydrogen) atoms. The number of ether oxygens (including phenoxy) is 1. The van der Waals surface area contributed by atoms with Gasteiger partial charge in [0, 0.05) is 39.6 Å². The van der Waals surface area contributed by atoms with Gasteiger partial charge in [0.1, 0.15) is 0 Å². The van der Waals surface area contributed by atoms with Crippen LogP contribution < -0.4 is 5.32 Å². The molecule has 0 bridgehead atoms. The third kappa shape index (κ3) is 4.23. The molecule has 2 aliphatic heterocycles. The van der Waals surface area contributed by atoms with Crippen LogP contribution in [0.15, 0.2) is 0 Å². The van der Waals surface area contributed by atoms with Crippen molar-refractivity contribution in [3.63, 3.8) is 0 Å². The van der Waals surface area contributed by atoms with Crippen molar-refractivity contribution in [2.24, 2.45) is 0 Å². The molecule has 2 heterocycles. The Morgan fingerprint density at radius 3 is 2.89 bits per heavy atom. The Labute approximate surface area is 109 Å². The van der Waals surface area contributed by atoms with Crippen molar-refractivity contribution in [3.8, 4) is 0 Å². The lowest BCUT2D eigenvalue weighted by atomic mass is 10.2. The molecule has 1 amide bonds. The molecular weight excluding hydrogens is 230 g/mol. The number of carbonyl (C=O) groups excluding carboxylic acids is 1. The van der Waals surface area contributed by atoms with E-state index in [0.29, 0.717) is 13.0 Å². The summed E-state index contributed by atoms with van der Waals surface area (Å²) in [6.45, 7) is 6.45. The Hall–Kier alpha value is -0.650. The highest BCUT2D eigenvalue weighted by atomic mass is 16.5. The van der Waals surface area contributed by atoms with Crippen LogP contribution in [0.25, 0.3) is 0 Å². The molecule has 1 N–H and O–H groups in total. The van der Waals surface area contributed by atoms with E-state index in [-0.39, 0.29) is 12.0 Å². The van der Waals surface area contributed by atoms with Gasteiger partial charge in [0.15, 0.2) is 0 Å². The lowest BCUT2D eigenvalue weighted by molar-refractivity contribution is -0.132. The monoisotopic (exact) mass is 255 g/mol. The Bertz CT molecular complexity index is 261. The van der Waals surface area contributed by atoms with E-state index in [4.69, 9.17) is 4.74 Å². The number of hydrogen-bond donors (Lipinski definition) is 1. The van der Waals surface area contributed by atoms with E-state index in [9.17, 15) is 4.79 Å². The summed E-state index contributed by atoms with van der Waals surface area (Å²) in [5, 5.41) is 3.28. The first-order chi connectivity index (χ1) is 8.75. The highest BCUT2D eigenvalue weighted by Crippen LogP contribution is 2.08. The van der Waals surface area contributed by atoms with Crippen LogP contribution in [0.5, 0.6) is 0 Å². The number of amides is 1. The normalized spacial score (nSPS) is 25.3. The number of nitrogens with one attached hydrogen (secondary N) is 1. The van der Waals surface area contributed by atoms with Crippen molar-refractivity contribution in [2.45, 2.75) is 25.4 Å². The topological polar surface area (TPSA) is 44.8 Å². The predicted molar refractivity (Wildman–Crippen MR) is 70.5 cm³/mol. The van der Waals surface area contributed by atoms with Crippen molar-refractivity contribution in [2.75, 3.05) is 52.9 Å². The average Bonchev–Trinajstić information content (AvgIpc) is 2.90. The zero-order chi connectivity index (χ0) is 12.8. The fraction of sp³-hybridized carbons (Fsp3) is 0.923. The molecule has 0 aliphatic carbocycles. The lowest BCUT2D eigenvalue weighted by Crippen LogP contribution is -2.46. The molecule has 0 aromatic heterocycles. The molecule has 2 aliphatic rings. The summed E-state index contributed by atoms with van der Waals surface area (Å²) in [7, 11) is 1.88. The fourth-order valence-electron chi connectivity index (χ4n) is 2.60. The average molecular weight is 255 g/mol. The molecule has 0 radical (unpaired) electrons. The summed E-state index contributed by atoms with van der Waals surface area (Å²) in [5.74, 6) is 0.232. The number of hydrogen-bond acceptors (Lipinski definition) is 4. The lowest BCUT2D eigenvalue weighted by Gasteiger charge is -2.28. The van der Waals surface area contributed by atoms with Gasteiger partial charge in [-0.25, -0.2) is 0 Å². The molecule has 0 saturated carbocycles. The molecule has 2 rings (SSSR count). The van der Waals surface area contributed by atoms with E-state index in [1.807, 2.05) is 11.9 Å². The summed E-state index contributed by atoms with van der Waals surface area (Å²) in [6, 6.07) is 0. The minimum atomic E-state index is 0.152. The van der Waals surface area contributed by atoms with Crippen LogP contribution in [0.2, 0.25) is 0 Å². The zero-order valence-electron chi connectivity index (χ0n) is 11.4. The molecule has 5 heteroatoms. The summed E-state index contributed by atoms with van der Waals surface area (Å²) >= 11 is 0. The highest BCUT2D eigenvalue weighted by Gasteiger charge is 2.19. The fourth-order valence-corrected chi connectivity index (χ4v) is 2.60. The van der Waals surface area contributed by atoms with Crippen molar-refractivity contribution < 1.29 is 9.53 Å². The maximum Gasteiger partial charge on any atom is 0.223 e. The van der Waals surface area contributed by atoms with E-state index in [1.54, 1.807) is 0 Å². The first-order valence-electron chi connectivity index (χ1n) is 7.04. The Kier molecular flexibility index (Phi) is 5.41. The van der Waals surface area contributed by atoms with E-state index >= 15 is 0 Å². The molecular formula is C13H25N3O2. The molecule has 0 aromatic carbocycles. The second-order valence-corrected chi connectivity index (χ2v) is 5.27. The van der Waals surface area contributed by atoms with E-state index < -0.39 is 0 Å². The maximum absolute atomic E-state index is 12.0. The van der Waals surface area contributed by atoms with Gasteiger partial charge in [-0.2, -0.15) is 0 Å². The molecule has 2 saturated heterocycles. The van der Waals surface area contributed by atoms with Crippen LogP contribution in [-0.4, -0.2) is 74.7 Å². The zero-order valence-corrected chi connectivity index (χ0v) is 11.4. The Morgan fingerprint density at radius 2 is 2.22 bits per heavy atom. The molecule has 0 aromatic rings. The molecule has 5 nitrogen and oxygen atoms in total. The number of likely N-dealkylation sites (tertiary alicyclic amines) is 1. The quantitative estimate of drug-likeness (QED) is 0.746. The first-order valence-corrected chi connectivity index (χ1v) is 7.04. The predicted octanol–water partition coefficient (Wildman–Crippen LogP) is -0.0809. The van der Waals surface area contributed by atoms with Crippen molar-refractivity contribution in [1.82, 2.24) is 15.1 Å². The number of likely N-dealkylation sites (N-methyl/N-ethyl adjacent to an activating group) is 1. The Morgan fingerprint density at radius 1 is 1.44 bits per heavy atom. The highest BCUT2D eigenvalue weighted by molar-refractivity contribution is 5.76. The van der Waals surface area contributed by atoms with Crippen molar-refractivity contribution >= 4 is 5.91 Å². The van der Waals surface area contributed by atoms with Gasteiger partial charge in [-0.15, -0.1) is 0 Å². The molecule has 1 unspecified atom stereocenters. The van der Waals surface area contributed by atoms with Crippen LogP contribution in [-0.2, 0) is 9.53 Å². The van der Waals surface area contributed by atoms with Gasteiger partial charge in [0.05, 0.1) is 12.7 Å². The SMILES string of the molecule is CN(CC1CNCCO1)C(=O)CCN1CCCC1. The van der Waals surface area contributed by atoms with Gasteiger partial charge in [-0.1, -0.05) is 0 Å². The summed E-state index contributed by atoms with van der Waals surface area (Å²) in [6.07, 6.45) is 3.35. The van der Waals surface area contributed by atoms with Gasteiger partial charge in [-0.05, 0) is 25.9 Å². The second-order valence-electron chi connectivity index (χ2n) is 5.27. The van der Waals surface area contributed by atoms with Gasteiger partial charge in [-0.3, -0.25) is 4.79 Å². The smallest absolute Gasteiger partial charge is 0.223 e. The third-order valence-corrected chi connectivity index (χ3v) is 3.75. The van der Waals surface area contributed by atoms with Gasteiger partial charge < -0.3 is 19.9 Å². The number of carbonyl (C=O) groups is 1. The van der Waals surface area contributed by atoms with Gasteiger partial charge in [0.25, 0.3) is 0 Å². The third-order valence-electron chi connectivity index (χ3n) is 3.75. The summed E-state index contributed by atoms with van der Waals surface area (Å²) in [4.78, 5) is 16.2. The summed E-state index contributed by atoms with van der Waals surface area (Å²) < 4.78 is 5.61. The number of morpholine rings is 1. The van der Waals surface area contributed by atoms with Crippen molar-refractivity contribution in [3.05, 3.63) is 0 Å². The number of rotatable bonds is 5. The van der Waals surface area contributed by atoms with Crippen LogP contribution in [0.3, 0.4) is 0 Å². The van der Waals surface area contributed by atoms with Crippen LogP contribution in [0.4, 0.5) is 0 Å². The molecule has 0 spiro atoms. The minimum Gasteiger partial charge on any atom is -0.374 e. The van der Waals surface area contributed by atoms with Gasteiger partial charge >= 0.3 is 0 Å². The van der Waals surface area contributed by atoms with Crippen LogP contribution in [0, 0.1) is 0 Å². The van der Waals surface area contributed by atoms with Crippen molar-refractivity contribution in [1.29, 1.82) is 0 Å². The minimum absolute atomic E-state index is 0.152. The van der Waals surface area contributed by atoms with E-state index in [2.05, 4.69) is 10.2 Å². The number of nitrogens with zero attached hydrogens (tertiary/aromatic N) is 2. The molecule has 104 valence electrons. The Balaban J connectivity index is 1.63. The standard InChI is InChI=1S/C13H25N3O2/c1-15(11-12-10-14-5-9-18-12)13(17)4-8-16-6-2-3-7-16/h12,14H,2-11H2,1H3. The maximum atomic E-state index is 12.0. The van der Waals surface area contributed by atoms with Gasteiger partial charge in [0.2, 0.25) is 5.91 Å². The van der Waals surface area contributed by atoms with E-state index in [1.165, 1.54) is 12.8 Å². The van der Waals surface area contributed by atoms with Crippen LogP contribution in [0.1, 0.15) is 19.3 Å². The van der Waals surface area contributed by atoms with E-state index in [0.717, 1.165) is 39.3 Å². The molecule has 2 fully saturated rings. The first kappa shape index (κ1) is 13.8. The summed E-state index contributed by atoms with van der Waals surface area (Å²) in [5.41, 5.74) is 0. The molecule has 1 atom stereocenters. The second kappa shape index (κ2) is 7.07.